The highest BCUT2D eigenvalue weighted by atomic mass is 32.1. The highest BCUT2D eigenvalue weighted by Gasteiger charge is 2.28. The van der Waals surface area contributed by atoms with Crippen LogP contribution < -0.4 is 22.0 Å². The van der Waals surface area contributed by atoms with Crippen LogP contribution in [-0.4, -0.2) is 22.6 Å². The highest BCUT2D eigenvalue weighted by molar-refractivity contribution is 7.80. The Labute approximate surface area is 165 Å². The van der Waals surface area contributed by atoms with Gasteiger partial charge in [-0.15, -0.1) is 0 Å². The second-order valence-electron chi connectivity index (χ2n) is 6.16. The molecule has 3 rings (SSSR count). The topological polar surface area (TPSA) is 122 Å². The molecule has 2 aromatic rings. The first kappa shape index (κ1) is 19.5. The molecule has 2 amide bonds. The van der Waals surface area contributed by atoms with Crippen LogP contribution in [0.5, 0.6) is 0 Å². The van der Waals surface area contributed by atoms with Crippen molar-refractivity contribution in [3.8, 4) is 0 Å². The number of halogens is 1. The molecule has 0 saturated carbocycles. The molecule has 5 N–H and O–H groups in total. The molecular weight excluding hydrogens is 385 g/mol. The van der Waals surface area contributed by atoms with Gasteiger partial charge in [-0.05, 0) is 56.2 Å². The normalized spacial score (nSPS) is 14.3. The minimum absolute atomic E-state index is 0.0437. The molecule has 0 unspecified atom stereocenters. The summed E-state index contributed by atoms with van der Waals surface area (Å²) in [6.45, 7) is 1.74. The third-order valence-corrected chi connectivity index (χ3v) is 4.32. The first-order valence-corrected chi connectivity index (χ1v) is 8.88. The van der Waals surface area contributed by atoms with Crippen molar-refractivity contribution in [2.24, 2.45) is 10.8 Å². The third kappa shape index (κ3) is 4.17. The van der Waals surface area contributed by atoms with E-state index in [9.17, 15) is 14.0 Å². The molecule has 1 aromatic heterocycles. The zero-order valence-electron chi connectivity index (χ0n) is 15.0. The number of furan rings is 1. The van der Waals surface area contributed by atoms with E-state index >= 15 is 0 Å². The molecule has 1 heterocycles. The number of aryl methyl sites for hydroxylation is 1. The van der Waals surface area contributed by atoms with Crippen molar-refractivity contribution < 1.29 is 18.4 Å². The van der Waals surface area contributed by atoms with Gasteiger partial charge in [0.15, 0.2) is 10.9 Å². The number of carbonyl (C=O) groups is 2. The van der Waals surface area contributed by atoms with Gasteiger partial charge in [0.1, 0.15) is 11.6 Å². The lowest BCUT2D eigenvalue weighted by molar-refractivity contribution is 0.0829. The minimum atomic E-state index is -0.607. The Balaban J connectivity index is 1.74. The molecular formula is C18H18FN5O3S. The number of benzene rings is 1. The average Bonchev–Trinajstić information content (AvgIpc) is 3.02. The second kappa shape index (κ2) is 8.17. The van der Waals surface area contributed by atoms with Gasteiger partial charge in [0.2, 0.25) is 0 Å². The summed E-state index contributed by atoms with van der Waals surface area (Å²) in [5.74, 6) is -0.925. The van der Waals surface area contributed by atoms with Crippen molar-refractivity contribution in [1.82, 2.24) is 16.3 Å². The summed E-state index contributed by atoms with van der Waals surface area (Å²) in [6.07, 6.45) is 2.16. The number of rotatable bonds is 3. The fraction of sp³-hybridized carbons (Fsp3) is 0.222. The Bertz CT molecular complexity index is 968. The maximum atomic E-state index is 12.9. The molecule has 0 fully saturated rings. The summed E-state index contributed by atoms with van der Waals surface area (Å²) in [5.41, 5.74) is 14.8. The van der Waals surface area contributed by atoms with Crippen molar-refractivity contribution >= 4 is 34.9 Å². The number of hydrazine groups is 1. The molecule has 8 nitrogen and oxygen atoms in total. The van der Waals surface area contributed by atoms with E-state index in [1.807, 2.05) is 0 Å². The smallest absolute Gasteiger partial charge is 0.305 e. The Hall–Kier alpha value is -3.27. The molecule has 0 atom stereocenters. The zero-order chi connectivity index (χ0) is 20.3. The minimum Gasteiger partial charge on any atom is -0.455 e. The van der Waals surface area contributed by atoms with Crippen molar-refractivity contribution in [2.45, 2.75) is 26.2 Å². The van der Waals surface area contributed by atoms with E-state index in [1.54, 1.807) is 6.92 Å². The van der Waals surface area contributed by atoms with E-state index in [0.717, 1.165) is 24.1 Å². The van der Waals surface area contributed by atoms with E-state index in [2.05, 4.69) is 21.4 Å². The standard InChI is InChI=1S/C18H18FN5O3S/c1-9-14-12(21-24-18(20)28)3-2-4-13(14)27-15(9)17(26)23-22-16(25)10-5-7-11(19)8-6-10/h5-8H,2-4H2,1H3,(H,22,25)(H,23,26)(H3,20,24,28)/b21-12+. The molecule has 0 spiro atoms. The predicted octanol–water partition coefficient (Wildman–Crippen LogP) is 1.68. The van der Waals surface area contributed by atoms with Crippen LogP contribution in [0.4, 0.5) is 4.39 Å². The van der Waals surface area contributed by atoms with E-state index < -0.39 is 17.6 Å². The number of carbonyl (C=O) groups excluding carboxylic acids is 2. The number of hydrogen-bond donors (Lipinski definition) is 4. The molecule has 28 heavy (non-hydrogen) atoms. The number of hydrazone groups is 1. The first-order chi connectivity index (χ1) is 13.4. The van der Waals surface area contributed by atoms with Crippen molar-refractivity contribution in [1.29, 1.82) is 0 Å². The molecule has 0 radical (unpaired) electrons. The molecule has 0 saturated heterocycles. The first-order valence-electron chi connectivity index (χ1n) is 8.47. The predicted molar refractivity (Wildman–Crippen MR) is 104 cm³/mol. The quantitative estimate of drug-likeness (QED) is 0.457. The number of nitrogens with zero attached hydrogens (tertiary/aromatic N) is 1. The number of hydrogen-bond acceptors (Lipinski definition) is 5. The van der Waals surface area contributed by atoms with Crippen LogP contribution in [-0.2, 0) is 6.42 Å². The summed E-state index contributed by atoms with van der Waals surface area (Å²) in [5, 5.41) is 4.23. The van der Waals surface area contributed by atoms with Crippen LogP contribution in [0.25, 0.3) is 0 Å². The molecule has 0 bridgehead atoms. The monoisotopic (exact) mass is 403 g/mol. The van der Waals surface area contributed by atoms with Crippen molar-refractivity contribution in [3.05, 3.63) is 58.3 Å². The number of nitrogens with two attached hydrogens (primary N) is 1. The number of amides is 2. The van der Waals surface area contributed by atoms with Crippen LogP contribution in [0.3, 0.4) is 0 Å². The Morgan fingerprint density at radius 2 is 1.86 bits per heavy atom. The maximum absolute atomic E-state index is 12.9. The molecule has 1 aliphatic carbocycles. The van der Waals surface area contributed by atoms with Crippen LogP contribution >= 0.6 is 12.2 Å². The van der Waals surface area contributed by atoms with E-state index in [0.29, 0.717) is 29.9 Å². The largest absolute Gasteiger partial charge is 0.455 e. The highest BCUT2D eigenvalue weighted by Crippen LogP contribution is 2.29. The fourth-order valence-electron chi connectivity index (χ4n) is 2.96. The zero-order valence-corrected chi connectivity index (χ0v) is 15.8. The Morgan fingerprint density at radius 3 is 2.54 bits per heavy atom. The summed E-state index contributed by atoms with van der Waals surface area (Å²) in [6, 6.07) is 4.93. The van der Waals surface area contributed by atoms with Crippen LogP contribution in [0.15, 0.2) is 33.8 Å². The Kier molecular flexibility index (Phi) is 5.69. The lowest BCUT2D eigenvalue weighted by atomic mass is 9.93. The van der Waals surface area contributed by atoms with E-state index in [4.69, 9.17) is 22.4 Å². The van der Waals surface area contributed by atoms with Crippen LogP contribution in [0.2, 0.25) is 0 Å². The Morgan fingerprint density at radius 1 is 1.18 bits per heavy atom. The summed E-state index contributed by atoms with van der Waals surface area (Å²) >= 11 is 4.76. The lowest BCUT2D eigenvalue weighted by Crippen LogP contribution is -2.41. The second-order valence-corrected chi connectivity index (χ2v) is 6.60. The van der Waals surface area contributed by atoms with Gasteiger partial charge in [-0.2, -0.15) is 5.10 Å². The van der Waals surface area contributed by atoms with Gasteiger partial charge in [-0.1, -0.05) is 0 Å². The molecule has 1 aliphatic rings. The fourth-order valence-corrected chi connectivity index (χ4v) is 3.01. The van der Waals surface area contributed by atoms with Gasteiger partial charge in [-0.25, -0.2) is 4.39 Å². The van der Waals surface area contributed by atoms with E-state index in [1.165, 1.54) is 12.1 Å². The van der Waals surface area contributed by atoms with E-state index in [-0.39, 0.29) is 16.4 Å². The van der Waals surface area contributed by atoms with Gasteiger partial charge < -0.3 is 10.2 Å². The van der Waals surface area contributed by atoms with Gasteiger partial charge in [-0.3, -0.25) is 25.9 Å². The molecule has 146 valence electrons. The summed E-state index contributed by atoms with van der Waals surface area (Å²) in [7, 11) is 0. The van der Waals surface area contributed by atoms with Crippen molar-refractivity contribution in [2.75, 3.05) is 0 Å². The summed E-state index contributed by atoms with van der Waals surface area (Å²) in [4.78, 5) is 24.5. The molecule has 10 heteroatoms. The lowest BCUT2D eigenvalue weighted by Gasteiger charge is -2.13. The van der Waals surface area contributed by atoms with Crippen LogP contribution in [0.1, 0.15) is 50.6 Å². The maximum Gasteiger partial charge on any atom is 0.305 e. The average molecular weight is 403 g/mol. The van der Waals surface area contributed by atoms with Crippen molar-refractivity contribution in [3.63, 3.8) is 0 Å². The number of nitrogens with one attached hydrogen (secondary N) is 3. The van der Waals surface area contributed by atoms with Gasteiger partial charge in [0.05, 0.1) is 5.71 Å². The van der Waals surface area contributed by atoms with Gasteiger partial charge in [0.25, 0.3) is 5.91 Å². The summed E-state index contributed by atoms with van der Waals surface area (Å²) < 4.78 is 18.6. The number of fused-ring (bicyclic) bond motifs is 1. The van der Waals surface area contributed by atoms with Crippen LogP contribution in [0, 0.1) is 12.7 Å². The molecule has 1 aromatic carbocycles. The van der Waals surface area contributed by atoms with Gasteiger partial charge in [0, 0.05) is 23.1 Å². The molecule has 0 aliphatic heterocycles. The third-order valence-electron chi connectivity index (χ3n) is 4.23. The van der Waals surface area contributed by atoms with Gasteiger partial charge >= 0.3 is 5.91 Å². The SMILES string of the molecule is Cc1c(C(=O)NNC(=O)c2ccc(F)cc2)oc2c1/C(=N/NC(N)=S)CCC2. The number of thiocarbonyl (C=S) groups is 1.